The molecule has 43 heavy (non-hydrogen) atoms. The van der Waals surface area contributed by atoms with E-state index in [4.69, 9.17) is 4.74 Å². The van der Waals surface area contributed by atoms with Crippen LogP contribution in [0.1, 0.15) is 43.0 Å². The number of hydrogen-bond acceptors (Lipinski definition) is 7. The summed E-state index contributed by atoms with van der Waals surface area (Å²) < 4.78 is 9.51. The molecule has 2 amide bonds. The lowest BCUT2D eigenvalue weighted by atomic mass is 9.82. The number of ether oxygens (including phenoxy) is 1. The number of benzene rings is 2. The zero-order valence-electron chi connectivity index (χ0n) is 24.7. The third-order valence-electron chi connectivity index (χ3n) is 9.18. The van der Waals surface area contributed by atoms with Crippen LogP contribution in [-0.2, 0) is 39.4 Å². The Kier molecular flexibility index (Phi) is 8.09. The van der Waals surface area contributed by atoms with Gasteiger partial charge in [-0.25, -0.2) is 0 Å². The molecule has 0 saturated carbocycles. The molecule has 6 rings (SSSR count). The summed E-state index contributed by atoms with van der Waals surface area (Å²) in [6.07, 6.45) is 3.85. The maximum Gasteiger partial charge on any atom is 0.264 e. The van der Waals surface area contributed by atoms with Crippen molar-refractivity contribution in [2.75, 3.05) is 23.0 Å². The molecular weight excluding hydrogens is 630 g/mol. The van der Waals surface area contributed by atoms with Crippen molar-refractivity contribution in [3.63, 3.8) is 0 Å². The van der Waals surface area contributed by atoms with Crippen LogP contribution in [0.3, 0.4) is 0 Å². The van der Waals surface area contributed by atoms with Gasteiger partial charge in [0.05, 0.1) is 24.0 Å². The Morgan fingerprint density at radius 3 is 2.72 bits per heavy atom. The van der Waals surface area contributed by atoms with Gasteiger partial charge in [-0.3, -0.25) is 14.3 Å². The molecule has 0 aliphatic carbocycles. The average molecular weight is 669 g/mol. The number of fused-ring (bicyclic) bond motifs is 2. The second-order valence-electron chi connectivity index (χ2n) is 12.5. The summed E-state index contributed by atoms with van der Waals surface area (Å²) in [5, 5.41) is 17.6. The van der Waals surface area contributed by atoms with E-state index in [0.717, 1.165) is 33.4 Å². The van der Waals surface area contributed by atoms with Crippen LogP contribution < -0.4 is 9.80 Å². The number of aliphatic hydroxyl groups is 1. The number of carbonyl (C=O) groups is 2. The molecular formula is C31H38BrN5O5Si. The van der Waals surface area contributed by atoms with Crippen molar-refractivity contribution in [1.82, 2.24) is 15.0 Å². The monoisotopic (exact) mass is 667 g/mol. The lowest BCUT2D eigenvalue weighted by molar-refractivity contribution is -0.146. The minimum atomic E-state index is -2.80. The van der Waals surface area contributed by atoms with Crippen molar-refractivity contribution < 1.29 is 24.2 Å². The van der Waals surface area contributed by atoms with Gasteiger partial charge in [-0.05, 0) is 61.8 Å². The lowest BCUT2D eigenvalue weighted by Crippen LogP contribution is -2.46. The Labute approximate surface area is 260 Å². The summed E-state index contributed by atoms with van der Waals surface area (Å²) in [7, 11) is -2.80. The Morgan fingerprint density at radius 2 is 2.00 bits per heavy atom. The summed E-state index contributed by atoms with van der Waals surface area (Å²) in [6, 6.07) is 13.7. The Balaban J connectivity index is 1.33. The molecule has 4 atom stereocenters. The van der Waals surface area contributed by atoms with Gasteiger partial charge in [0.1, 0.15) is 0 Å². The molecule has 0 radical (unpaired) electrons. The molecule has 1 aromatic heterocycles. The van der Waals surface area contributed by atoms with Crippen LogP contribution in [-0.4, -0.2) is 64.3 Å². The zero-order chi connectivity index (χ0) is 30.5. The second kappa shape index (κ2) is 11.5. The Morgan fingerprint density at radius 1 is 1.19 bits per heavy atom. The molecule has 12 heteroatoms. The van der Waals surface area contributed by atoms with Crippen LogP contribution in [0, 0.1) is 5.92 Å². The molecule has 2 N–H and O–H groups in total. The van der Waals surface area contributed by atoms with E-state index in [2.05, 4.69) is 26.2 Å². The number of halogens is 1. The first-order valence-electron chi connectivity index (χ1n) is 14.9. The van der Waals surface area contributed by atoms with Gasteiger partial charge in [0, 0.05) is 65.9 Å². The smallest absolute Gasteiger partial charge is 0.264 e. The van der Waals surface area contributed by atoms with Crippen LogP contribution in [0.4, 0.5) is 11.4 Å². The largest absolute Gasteiger partial charge is 0.432 e. The predicted octanol–water partition coefficient (Wildman–Crippen LogP) is 4.14. The molecule has 4 heterocycles. The SMILES string of the molecule is C[C@@H]1[C@@H]([Si](C)(C)O)[C@H](CCn2cc(CCO)nn2)O[C@@]12C(=O)N(Cc1cccc(N3CCCC3=O)c1)c1ccc(Br)cc12. The summed E-state index contributed by atoms with van der Waals surface area (Å²) in [6.45, 7) is 7.44. The van der Waals surface area contributed by atoms with Gasteiger partial charge in [0.25, 0.3) is 5.91 Å². The topological polar surface area (TPSA) is 121 Å². The fraction of sp³-hybridized carbons (Fsp3) is 0.484. The first-order chi connectivity index (χ1) is 20.5. The fourth-order valence-electron chi connectivity index (χ4n) is 7.34. The molecule has 3 aromatic rings. The molecule has 2 saturated heterocycles. The predicted molar refractivity (Wildman–Crippen MR) is 168 cm³/mol. The summed E-state index contributed by atoms with van der Waals surface area (Å²) >= 11 is 3.62. The molecule has 228 valence electrons. The number of anilines is 2. The highest BCUT2D eigenvalue weighted by Gasteiger charge is 2.66. The van der Waals surface area contributed by atoms with E-state index < -0.39 is 13.9 Å². The van der Waals surface area contributed by atoms with E-state index in [-0.39, 0.29) is 36.0 Å². The standard InChI is InChI=1S/C31H38BrN5O5Si/c1-20-29(43(2,3)41)27(11-14-35-19-23(12-15-38)33-34-35)42-31(20)25-17-22(32)9-10-26(25)37(30(31)40)18-21-6-4-7-24(16-21)36-13-5-8-28(36)39/h4,6-7,9-10,16-17,19-20,27,29,38,41H,5,8,11-15,18H2,1-3H3/t20-,27+,29-,31+/m1/s1. The number of hydrogen-bond donors (Lipinski definition) is 2. The highest BCUT2D eigenvalue weighted by Crippen LogP contribution is 2.60. The zero-order valence-corrected chi connectivity index (χ0v) is 27.3. The third kappa shape index (κ3) is 5.37. The van der Waals surface area contributed by atoms with Gasteiger partial charge in [-0.1, -0.05) is 40.2 Å². The molecule has 0 bridgehead atoms. The maximum atomic E-state index is 14.7. The first-order valence-corrected chi connectivity index (χ1v) is 18.8. The van der Waals surface area contributed by atoms with Crippen molar-refractivity contribution in [2.24, 2.45) is 5.92 Å². The minimum Gasteiger partial charge on any atom is -0.432 e. The number of amides is 2. The number of nitrogens with zero attached hydrogens (tertiary/aromatic N) is 5. The molecule has 2 fully saturated rings. The highest BCUT2D eigenvalue weighted by atomic mass is 79.9. The minimum absolute atomic E-state index is 0.00505. The second-order valence-corrected chi connectivity index (χ2v) is 17.4. The Bertz CT molecular complexity index is 1540. The number of rotatable bonds is 9. The van der Waals surface area contributed by atoms with E-state index in [9.17, 15) is 19.5 Å². The van der Waals surface area contributed by atoms with E-state index >= 15 is 0 Å². The molecule has 3 aliphatic heterocycles. The quantitative estimate of drug-likeness (QED) is 0.329. The molecule has 1 spiro atoms. The van der Waals surface area contributed by atoms with Crippen LogP contribution >= 0.6 is 15.9 Å². The maximum absolute atomic E-state index is 14.7. The highest BCUT2D eigenvalue weighted by molar-refractivity contribution is 9.10. The van der Waals surface area contributed by atoms with Gasteiger partial charge < -0.3 is 24.4 Å². The van der Waals surface area contributed by atoms with Gasteiger partial charge in [0.15, 0.2) is 13.9 Å². The van der Waals surface area contributed by atoms with Crippen molar-refractivity contribution in [2.45, 2.75) is 76.0 Å². The van der Waals surface area contributed by atoms with E-state index in [1.54, 1.807) is 9.58 Å². The molecule has 2 aromatic carbocycles. The van der Waals surface area contributed by atoms with Gasteiger partial charge in [-0.2, -0.15) is 0 Å². The average Bonchev–Trinajstić information content (AvgIpc) is 3.71. The molecule has 0 unspecified atom stereocenters. The van der Waals surface area contributed by atoms with Crippen LogP contribution in [0.5, 0.6) is 0 Å². The Hall–Kier alpha value is -2.90. The fourth-order valence-corrected chi connectivity index (χ4v) is 10.3. The van der Waals surface area contributed by atoms with Crippen molar-refractivity contribution >= 4 is 47.4 Å². The van der Waals surface area contributed by atoms with Crippen LogP contribution in [0.15, 0.2) is 53.1 Å². The van der Waals surface area contributed by atoms with Gasteiger partial charge in [-0.15, -0.1) is 5.10 Å². The summed E-state index contributed by atoms with van der Waals surface area (Å²) in [5.41, 5.74) is 2.66. The van der Waals surface area contributed by atoms with E-state index in [1.807, 2.05) is 73.6 Å². The lowest BCUT2D eigenvalue weighted by Gasteiger charge is -2.32. The molecule has 3 aliphatic rings. The first kappa shape index (κ1) is 30.1. The van der Waals surface area contributed by atoms with E-state index in [1.165, 1.54) is 0 Å². The summed E-state index contributed by atoms with van der Waals surface area (Å²) in [4.78, 5) is 42.2. The van der Waals surface area contributed by atoms with Crippen molar-refractivity contribution in [3.8, 4) is 0 Å². The number of aromatic nitrogens is 3. The summed E-state index contributed by atoms with van der Waals surface area (Å²) in [5.74, 6) is -0.281. The van der Waals surface area contributed by atoms with Gasteiger partial charge >= 0.3 is 0 Å². The van der Waals surface area contributed by atoms with Crippen molar-refractivity contribution in [1.29, 1.82) is 0 Å². The van der Waals surface area contributed by atoms with Gasteiger partial charge in [0.2, 0.25) is 5.91 Å². The van der Waals surface area contributed by atoms with E-state index in [0.29, 0.717) is 44.6 Å². The normalized spacial score (nSPS) is 25.4. The van der Waals surface area contributed by atoms with Crippen LogP contribution in [0.25, 0.3) is 0 Å². The number of carbonyl (C=O) groups excluding carboxylic acids is 2. The number of aliphatic hydroxyl groups excluding tert-OH is 1. The molecule has 10 nitrogen and oxygen atoms in total. The van der Waals surface area contributed by atoms with Crippen LogP contribution in [0.2, 0.25) is 18.6 Å². The third-order valence-corrected chi connectivity index (χ3v) is 12.2. The van der Waals surface area contributed by atoms with Crippen molar-refractivity contribution in [3.05, 3.63) is 70.0 Å². The number of aryl methyl sites for hydroxylation is 1.